The molecule has 1 aliphatic heterocycles. The first-order valence-electron chi connectivity index (χ1n) is 3.06. The Morgan fingerprint density at radius 1 is 1.67 bits per heavy atom. The van der Waals surface area contributed by atoms with Crippen molar-refractivity contribution >= 4 is 5.95 Å². The molecule has 0 saturated carbocycles. The highest BCUT2D eigenvalue weighted by molar-refractivity contribution is 5.30. The standard InChI is InChI=1S/C6H8N3/c1-2-7-6-8-3-5-9(6)4-1/h2-3,5H,1,4H2,(H,7,8). The molecule has 0 bridgehead atoms. The molecule has 0 saturated heterocycles. The van der Waals surface area contributed by atoms with E-state index >= 15 is 0 Å². The van der Waals surface area contributed by atoms with Gasteiger partial charge in [0.1, 0.15) is 0 Å². The molecule has 9 heavy (non-hydrogen) atoms. The molecule has 0 atom stereocenters. The number of hydrogen-bond donors (Lipinski definition) is 1. The number of nitrogens with one attached hydrogen (secondary N) is 1. The van der Waals surface area contributed by atoms with Crippen molar-refractivity contribution in [3.63, 3.8) is 0 Å². The van der Waals surface area contributed by atoms with Gasteiger partial charge in [-0.2, -0.15) is 0 Å². The Bertz CT molecular complexity index is 183. The molecule has 1 aromatic heterocycles. The molecule has 2 rings (SSSR count). The van der Waals surface area contributed by atoms with E-state index in [4.69, 9.17) is 0 Å². The summed E-state index contributed by atoms with van der Waals surface area (Å²) in [7, 11) is 0. The van der Waals surface area contributed by atoms with E-state index in [0.717, 1.165) is 18.9 Å². The molecule has 0 amide bonds. The van der Waals surface area contributed by atoms with Crippen LogP contribution in [0, 0.1) is 6.54 Å². The van der Waals surface area contributed by atoms with Crippen molar-refractivity contribution in [3.8, 4) is 0 Å². The van der Waals surface area contributed by atoms with Crippen LogP contribution in [0.2, 0.25) is 0 Å². The maximum absolute atomic E-state index is 4.08. The number of imidazole rings is 1. The molecule has 0 spiro atoms. The zero-order valence-electron chi connectivity index (χ0n) is 5.04. The minimum Gasteiger partial charge on any atom is -0.351 e. The fraction of sp³-hybridized carbons (Fsp3) is 0.333. The van der Waals surface area contributed by atoms with Crippen LogP contribution in [-0.2, 0) is 6.54 Å². The zero-order chi connectivity index (χ0) is 6.10. The van der Waals surface area contributed by atoms with Gasteiger partial charge in [0.25, 0.3) is 0 Å². The predicted molar refractivity (Wildman–Crippen MR) is 34.8 cm³/mol. The van der Waals surface area contributed by atoms with Crippen LogP contribution in [0.5, 0.6) is 0 Å². The third-order valence-corrected chi connectivity index (χ3v) is 1.46. The number of hydrogen-bond acceptors (Lipinski definition) is 2. The van der Waals surface area contributed by atoms with Gasteiger partial charge in [-0.25, -0.2) is 4.98 Å². The fourth-order valence-corrected chi connectivity index (χ4v) is 0.997. The number of nitrogens with zero attached hydrogens (tertiary/aromatic N) is 2. The number of anilines is 1. The first kappa shape index (κ1) is 4.85. The number of aromatic nitrogens is 2. The Kier molecular flexibility index (Phi) is 0.946. The summed E-state index contributed by atoms with van der Waals surface area (Å²) >= 11 is 0. The normalized spacial score (nSPS) is 16.4. The molecule has 2 heterocycles. The van der Waals surface area contributed by atoms with Gasteiger partial charge in [0, 0.05) is 18.9 Å². The molecule has 0 aromatic carbocycles. The van der Waals surface area contributed by atoms with Gasteiger partial charge in [-0.3, -0.25) is 0 Å². The zero-order valence-corrected chi connectivity index (χ0v) is 5.04. The minimum absolute atomic E-state index is 0.959. The molecular formula is C6H8N3. The van der Waals surface area contributed by atoms with E-state index in [2.05, 4.69) is 14.9 Å². The molecular weight excluding hydrogens is 114 g/mol. The lowest BCUT2D eigenvalue weighted by Gasteiger charge is -2.13. The molecule has 1 N–H and O–H groups in total. The topological polar surface area (TPSA) is 29.9 Å². The summed E-state index contributed by atoms with van der Waals surface area (Å²) < 4.78 is 2.10. The maximum atomic E-state index is 4.08. The van der Waals surface area contributed by atoms with Crippen LogP contribution in [0.15, 0.2) is 12.4 Å². The molecule has 0 aliphatic carbocycles. The molecule has 3 nitrogen and oxygen atoms in total. The van der Waals surface area contributed by atoms with Crippen LogP contribution < -0.4 is 5.32 Å². The summed E-state index contributed by atoms with van der Waals surface area (Å²) in [6.07, 6.45) is 4.88. The van der Waals surface area contributed by atoms with E-state index in [9.17, 15) is 0 Å². The summed E-state index contributed by atoms with van der Waals surface area (Å²) in [5, 5.41) is 3.07. The largest absolute Gasteiger partial charge is 0.351 e. The van der Waals surface area contributed by atoms with Crippen molar-refractivity contribution in [3.05, 3.63) is 18.9 Å². The lowest BCUT2D eigenvalue weighted by Crippen LogP contribution is -2.12. The second kappa shape index (κ2) is 1.76. The molecule has 1 aromatic rings. The van der Waals surface area contributed by atoms with Crippen molar-refractivity contribution in [2.24, 2.45) is 0 Å². The summed E-state index contributed by atoms with van der Waals surface area (Å²) in [6, 6.07) is 0. The average molecular weight is 122 g/mol. The van der Waals surface area contributed by atoms with Gasteiger partial charge in [0.2, 0.25) is 5.95 Å². The van der Waals surface area contributed by atoms with Crippen molar-refractivity contribution in [1.29, 1.82) is 0 Å². The SMILES string of the molecule is [CH]1CCn2ccnc2N1. The average Bonchev–Trinajstić information content (AvgIpc) is 2.33. The van der Waals surface area contributed by atoms with Crippen LogP contribution >= 0.6 is 0 Å². The summed E-state index contributed by atoms with van der Waals surface area (Å²) in [6.45, 7) is 3.09. The molecule has 0 unspecified atom stereocenters. The van der Waals surface area contributed by atoms with Gasteiger partial charge in [0.05, 0.1) is 6.54 Å². The molecule has 0 fully saturated rings. The highest BCUT2D eigenvalue weighted by Crippen LogP contribution is 2.11. The van der Waals surface area contributed by atoms with Gasteiger partial charge in [-0.1, -0.05) is 0 Å². The monoisotopic (exact) mass is 122 g/mol. The van der Waals surface area contributed by atoms with Gasteiger partial charge in [-0.15, -0.1) is 0 Å². The number of fused-ring (bicyclic) bond motifs is 1. The third-order valence-electron chi connectivity index (χ3n) is 1.46. The van der Waals surface area contributed by atoms with Crippen LogP contribution in [0.4, 0.5) is 5.95 Å². The van der Waals surface area contributed by atoms with Gasteiger partial charge in [-0.05, 0) is 6.42 Å². The Balaban J connectivity index is 2.39. The van der Waals surface area contributed by atoms with Crippen LogP contribution in [0.25, 0.3) is 0 Å². The van der Waals surface area contributed by atoms with Crippen LogP contribution in [0.1, 0.15) is 6.42 Å². The van der Waals surface area contributed by atoms with Gasteiger partial charge >= 0.3 is 0 Å². The van der Waals surface area contributed by atoms with E-state index in [1.54, 1.807) is 0 Å². The quantitative estimate of drug-likeness (QED) is 0.553. The lowest BCUT2D eigenvalue weighted by molar-refractivity contribution is 0.665. The maximum Gasteiger partial charge on any atom is 0.203 e. The van der Waals surface area contributed by atoms with Crippen molar-refractivity contribution < 1.29 is 0 Å². The molecule has 1 radical (unpaired) electrons. The summed E-state index contributed by atoms with van der Waals surface area (Å²) in [5.74, 6) is 0.959. The van der Waals surface area contributed by atoms with E-state index in [-0.39, 0.29) is 0 Å². The first-order valence-corrected chi connectivity index (χ1v) is 3.06. The smallest absolute Gasteiger partial charge is 0.203 e. The van der Waals surface area contributed by atoms with E-state index in [1.807, 2.05) is 18.9 Å². The highest BCUT2D eigenvalue weighted by Gasteiger charge is 2.05. The molecule has 3 heteroatoms. The van der Waals surface area contributed by atoms with E-state index < -0.39 is 0 Å². The Morgan fingerprint density at radius 2 is 2.67 bits per heavy atom. The molecule has 1 aliphatic rings. The fourth-order valence-electron chi connectivity index (χ4n) is 0.997. The van der Waals surface area contributed by atoms with E-state index in [1.165, 1.54) is 0 Å². The second-order valence-corrected chi connectivity index (χ2v) is 2.08. The first-order chi connectivity index (χ1) is 4.47. The van der Waals surface area contributed by atoms with Crippen molar-refractivity contribution in [2.75, 3.05) is 5.32 Å². The summed E-state index contributed by atoms with van der Waals surface area (Å²) in [4.78, 5) is 4.08. The number of rotatable bonds is 0. The Labute approximate surface area is 53.7 Å². The van der Waals surface area contributed by atoms with Crippen LogP contribution in [-0.4, -0.2) is 9.55 Å². The minimum atomic E-state index is 0.959. The third kappa shape index (κ3) is 0.686. The van der Waals surface area contributed by atoms with Crippen molar-refractivity contribution in [2.45, 2.75) is 13.0 Å². The van der Waals surface area contributed by atoms with E-state index in [0.29, 0.717) is 0 Å². The van der Waals surface area contributed by atoms with Crippen molar-refractivity contribution in [1.82, 2.24) is 9.55 Å². The Morgan fingerprint density at radius 3 is 3.56 bits per heavy atom. The van der Waals surface area contributed by atoms with Gasteiger partial charge < -0.3 is 9.88 Å². The molecule has 47 valence electrons. The lowest BCUT2D eigenvalue weighted by atomic mass is 10.4. The predicted octanol–water partition coefficient (Wildman–Crippen LogP) is 0.860. The van der Waals surface area contributed by atoms with Crippen LogP contribution in [0.3, 0.4) is 0 Å². The second-order valence-electron chi connectivity index (χ2n) is 2.08. The van der Waals surface area contributed by atoms with Gasteiger partial charge in [0.15, 0.2) is 0 Å². The summed E-state index contributed by atoms with van der Waals surface area (Å²) in [5.41, 5.74) is 0. The number of aryl methyl sites for hydroxylation is 1. The highest BCUT2D eigenvalue weighted by atomic mass is 15.2. The Hall–Kier alpha value is -0.990.